The molecule has 33 heavy (non-hydrogen) atoms. The van der Waals surface area contributed by atoms with Crippen LogP contribution in [-0.2, 0) is 32.5 Å². The maximum atomic E-state index is 12.8. The predicted octanol–water partition coefficient (Wildman–Crippen LogP) is 4.09. The molecule has 0 spiro atoms. The number of nitrogens with one attached hydrogen (secondary N) is 2. The summed E-state index contributed by atoms with van der Waals surface area (Å²) < 4.78 is 32.8. The van der Waals surface area contributed by atoms with Gasteiger partial charge in [0.2, 0.25) is 5.91 Å². The first-order valence-corrected chi connectivity index (χ1v) is 11.9. The molecule has 3 aromatic carbocycles. The van der Waals surface area contributed by atoms with E-state index in [-0.39, 0.29) is 40.0 Å². The molecule has 0 aromatic heterocycles. The van der Waals surface area contributed by atoms with E-state index in [0.29, 0.717) is 5.56 Å². The summed E-state index contributed by atoms with van der Waals surface area (Å²) in [4.78, 5) is 24.4. The fraction of sp³-hybridized carbons (Fsp3) is 0.167. The third-order valence-electron chi connectivity index (χ3n) is 4.73. The summed E-state index contributed by atoms with van der Waals surface area (Å²) in [7, 11) is -2.78. The summed E-state index contributed by atoms with van der Waals surface area (Å²) in [5, 5.41) is 2.86. The van der Waals surface area contributed by atoms with Crippen molar-refractivity contribution in [2.45, 2.75) is 24.8 Å². The Bertz CT molecular complexity index is 1290. The summed E-state index contributed by atoms with van der Waals surface area (Å²) in [6.07, 6.45) is 0.199. The largest absolute Gasteiger partial charge is 0.465 e. The van der Waals surface area contributed by atoms with Gasteiger partial charge in [0.25, 0.3) is 10.0 Å². The number of carbonyl (C=O) groups excluding carboxylic acids is 2. The number of benzene rings is 3. The molecule has 172 valence electrons. The molecule has 1 amide bonds. The molecule has 2 N–H and O–H groups in total. The molecule has 0 saturated heterocycles. The Hall–Kier alpha value is -3.36. The van der Waals surface area contributed by atoms with E-state index in [4.69, 9.17) is 16.3 Å². The van der Waals surface area contributed by atoms with Gasteiger partial charge in [0, 0.05) is 6.54 Å². The highest BCUT2D eigenvalue weighted by molar-refractivity contribution is 7.92. The highest BCUT2D eigenvalue weighted by Gasteiger charge is 2.19. The van der Waals surface area contributed by atoms with Crippen LogP contribution in [0.1, 0.15) is 27.0 Å². The number of ether oxygens (including phenoxy) is 1. The smallest absolute Gasteiger partial charge is 0.337 e. The first kappa shape index (κ1) is 24.3. The standard InChI is InChI=1S/C24H23ClN2O5S/c1-16-6-5-7-17(10-16)13-23(28)26-15-18-11-19(24(29)32-2)14-20(12-18)27-33(30,31)22-9-4-3-8-21(22)25/h3-12,14,27H,13,15H2,1-2H3,(H,26,28). The number of aryl methyl sites for hydroxylation is 1. The van der Waals surface area contributed by atoms with Crippen LogP contribution in [0, 0.1) is 6.92 Å². The molecule has 3 aromatic rings. The molecule has 0 saturated carbocycles. The average molecular weight is 487 g/mol. The lowest BCUT2D eigenvalue weighted by Crippen LogP contribution is -2.25. The summed E-state index contributed by atoms with van der Waals surface area (Å²) in [6, 6.07) is 18.1. The fourth-order valence-corrected chi connectivity index (χ4v) is 4.79. The molecule has 3 rings (SSSR count). The number of rotatable bonds is 8. The van der Waals surface area contributed by atoms with Crippen LogP contribution in [-0.4, -0.2) is 27.4 Å². The number of esters is 1. The van der Waals surface area contributed by atoms with Gasteiger partial charge in [0.15, 0.2) is 0 Å². The quantitative estimate of drug-likeness (QED) is 0.467. The second-order valence-electron chi connectivity index (χ2n) is 7.39. The van der Waals surface area contributed by atoms with Crippen LogP contribution >= 0.6 is 11.6 Å². The van der Waals surface area contributed by atoms with Crippen LogP contribution in [0.5, 0.6) is 0 Å². The summed E-state index contributed by atoms with van der Waals surface area (Å²) in [6.45, 7) is 2.04. The number of anilines is 1. The molecular formula is C24H23ClN2O5S. The minimum atomic E-state index is -4.01. The Labute approximate surface area is 197 Å². The topological polar surface area (TPSA) is 102 Å². The van der Waals surface area contributed by atoms with Crippen molar-refractivity contribution in [2.75, 3.05) is 11.8 Å². The maximum Gasteiger partial charge on any atom is 0.337 e. The SMILES string of the molecule is COC(=O)c1cc(CNC(=O)Cc2cccc(C)c2)cc(NS(=O)(=O)c2ccccc2Cl)c1. The third-order valence-corrected chi connectivity index (χ3v) is 6.61. The zero-order valence-electron chi connectivity index (χ0n) is 18.1. The fourth-order valence-electron chi connectivity index (χ4n) is 3.23. The number of hydrogen-bond acceptors (Lipinski definition) is 5. The van der Waals surface area contributed by atoms with Gasteiger partial charge in [-0.25, -0.2) is 13.2 Å². The Morgan fingerprint density at radius 3 is 2.42 bits per heavy atom. The van der Waals surface area contributed by atoms with Crippen molar-refractivity contribution in [3.8, 4) is 0 Å². The minimum absolute atomic E-state index is 0.0674. The van der Waals surface area contributed by atoms with Gasteiger partial charge >= 0.3 is 5.97 Å². The van der Waals surface area contributed by atoms with Crippen LogP contribution in [0.15, 0.2) is 71.6 Å². The third kappa shape index (κ3) is 6.57. The van der Waals surface area contributed by atoms with Crippen molar-refractivity contribution < 1.29 is 22.7 Å². The van der Waals surface area contributed by atoms with Gasteiger partial charge in [-0.15, -0.1) is 0 Å². The molecule has 0 aliphatic carbocycles. The number of methoxy groups -OCH3 is 1. The van der Waals surface area contributed by atoms with Crippen LogP contribution < -0.4 is 10.0 Å². The van der Waals surface area contributed by atoms with Crippen molar-refractivity contribution in [3.63, 3.8) is 0 Å². The van der Waals surface area contributed by atoms with Crippen LogP contribution in [0.4, 0.5) is 5.69 Å². The molecule has 0 fully saturated rings. The van der Waals surface area contributed by atoms with Gasteiger partial charge in [-0.05, 0) is 48.4 Å². The number of amides is 1. The zero-order valence-corrected chi connectivity index (χ0v) is 19.7. The van der Waals surface area contributed by atoms with Gasteiger partial charge in [0.05, 0.1) is 29.8 Å². The lowest BCUT2D eigenvalue weighted by atomic mass is 10.1. The lowest BCUT2D eigenvalue weighted by Gasteiger charge is -2.13. The molecule has 0 atom stereocenters. The molecule has 0 heterocycles. The predicted molar refractivity (Wildman–Crippen MR) is 127 cm³/mol. The molecule has 7 nitrogen and oxygen atoms in total. The molecular weight excluding hydrogens is 464 g/mol. The first-order valence-electron chi connectivity index (χ1n) is 10.00. The number of hydrogen-bond donors (Lipinski definition) is 2. The summed E-state index contributed by atoms with van der Waals surface area (Å²) in [5.41, 5.74) is 2.73. The molecule has 0 unspecified atom stereocenters. The summed E-state index contributed by atoms with van der Waals surface area (Å²) >= 11 is 6.03. The molecule has 0 radical (unpaired) electrons. The van der Waals surface area contributed by atoms with E-state index in [9.17, 15) is 18.0 Å². The van der Waals surface area contributed by atoms with E-state index in [0.717, 1.165) is 11.1 Å². The van der Waals surface area contributed by atoms with Crippen molar-refractivity contribution >= 4 is 39.2 Å². The normalized spacial score (nSPS) is 11.0. The minimum Gasteiger partial charge on any atom is -0.465 e. The van der Waals surface area contributed by atoms with Gasteiger partial charge in [-0.1, -0.05) is 53.6 Å². The monoisotopic (exact) mass is 486 g/mol. The second-order valence-corrected chi connectivity index (χ2v) is 9.45. The van der Waals surface area contributed by atoms with E-state index in [2.05, 4.69) is 10.0 Å². The lowest BCUT2D eigenvalue weighted by molar-refractivity contribution is -0.120. The van der Waals surface area contributed by atoms with Crippen molar-refractivity contribution in [1.82, 2.24) is 5.32 Å². The number of sulfonamides is 1. The Balaban J connectivity index is 1.80. The van der Waals surface area contributed by atoms with Crippen molar-refractivity contribution in [1.29, 1.82) is 0 Å². The van der Waals surface area contributed by atoms with E-state index in [1.807, 2.05) is 31.2 Å². The van der Waals surface area contributed by atoms with E-state index in [1.54, 1.807) is 12.1 Å². The van der Waals surface area contributed by atoms with Crippen LogP contribution in [0.2, 0.25) is 5.02 Å². The highest BCUT2D eigenvalue weighted by atomic mass is 35.5. The Kier molecular flexibility index (Phi) is 7.73. The van der Waals surface area contributed by atoms with Crippen molar-refractivity contribution in [2.24, 2.45) is 0 Å². The van der Waals surface area contributed by atoms with E-state index < -0.39 is 16.0 Å². The molecule has 0 aliphatic heterocycles. The second kappa shape index (κ2) is 10.5. The van der Waals surface area contributed by atoms with Gasteiger partial charge in [0.1, 0.15) is 4.90 Å². The number of carbonyl (C=O) groups is 2. The highest BCUT2D eigenvalue weighted by Crippen LogP contribution is 2.25. The van der Waals surface area contributed by atoms with Gasteiger partial charge in [-0.3, -0.25) is 9.52 Å². The Morgan fingerprint density at radius 2 is 1.73 bits per heavy atom. The maximum absolute atomic E-state index is 12.8. The first-order chi connectivity index (χ1) is 15.7. The van der Waals surface area contributed by atoms with E-state index >= 15 is 0 Å². The van der Waals surface area contributed by atoms with E-state index in [1.165, 1.54) is 37.4 Å². The van der Waals surface area contributed by atoms with Gasteiger partial charge in [-0.2, -0.15) is 0 Å². The Morgan fingerprint density at radius 1 is 0.970 bits per heavy atom. The molecule has 0 bridgehead atoms. The van der Waals surface area contributed by atoms with Gasteiger partial charge < -0.3 is 10.1 Å². The summed E-state index contributed by atoms with van der Waals surface area (Å²) in [5.74, 6) is -0.844. The van der Waals surface area contributed by atoms with Crippen LogP contribution in [0.3, 0.4) is 0 Å². The molecule has 0 aliphatic rings. The number of halogens is 1. The zero-order chi connectivity index (χ0) is 24.0. The molecule has 9 heteroatoms. The van der Waals surface area contributed by atoms with Crippen molar-refractivity contribution in [3.05, 3.63) is 94.0 Å². The van der Waals surface area contributed by atoms with Crippen LogP contribution in [0.25, 0.3) is 0 Å². The average Bonchev–Trinajstić information content (AvgIpc) is 2.77.